The van der Waals surface area contributed by atoms with Gasteiger partial charge in [-0.25, -0.2) is 4.98 Å². The highest BCUT2D eigenvalue weighted by Gasteiger charge is 2.44. The van der Waals surface area contributed by atoms with Crippen molar-refractivity contribution >= 4 is 17.2 Å². The third-order valence-corrected chi connectivity index (χ3v) is 4.58. The lowest BCUT2D eigenvalue weighted by atomic mass is 10.0. The summed E-state index contributed by atoms with van der Waals surface area (Å²) < 4.78 is 0. The number of aliphatic hydroxyl groups excluding tert-OH is 1. The summed E-state index contributed by atoms with van der Waals surface area (Å²) in [4.78, 5) is 26.2. The molecule has 0 aliphatic carbocycles. The smallest absolute Gasteiger partial charge is 0.270 e. The Morgan fingerprint density at radius 3 is 2.96 bits per heavy atom. The number of nitrogens with zero attached hydrogens (tertiary/aromatic N) is 4. The highest BCUT2D eigenvalue weighted by atomic mass is 32.1. The van der Waals surface area contributed by atoms with Crippen molar-refractivity contribution in [3.63, 3.8) is 0 Å². The van der Waals surface area contributed by atoms with Gasteiger partial charge in [0.05, 0.1) is 29.5 Å². The minimum absolute atomic E-state index is 0.0411. The molecular weight excluding hydrogens is 330 g/mol. The normalized spacial score (nSPS) is 24.2. The van der Waals surface area contributed by atoms with Crippen LogP contribution in [0.15, 0.2) is 23.3 Å². The summed E-state index contributed by atoms with van der Waals surface area (Å²) in [7, 11) is 0. The Balaban J connectivity index is 1.57. The van der Waals surface area contributed by atoms with Crippen LogP contribution in [-0.4, -0.2) is 67.3 Å². The molecule has 0 unspecified atom stereocenters. The molecule has 1 fully saturated rings. The SMILES string of the molecule is Cc1cnc(CN2C[C@@H](O)[C@](O)(CNC(=O)c3cscn3)C2)cn1. The van der Waals surface area contributed by atoms with E-state index in [1.165, 1.54) is 11.3 Å². The molecule has 0 spiro atoms. The van der Waals surface area contributed by atoms with Crippen LogP contribution >= 0.6 is 11.3 Å². The predicted octanol–water partition coefficient (Wildman–Crippen LogP) is -0.421. The van der Waals surface area contributed by atoms with Gasteiger partial charge >= 0.3 is 0 Å². The van der Waals surface area contributed by atoms with Gasteiger partial charge in [-0.05, 0) is 6.92 Å². The van der Waals surface area contributed by atoms with Crippen LogP contribution in [0.4, 0.5) is 0 Å². The maximum atomic E-state index is 11.9. The van der Waals surface area contributed by atoms with E-state index in [9.17, 15) is 15.0 Å². The number of carbonyl (C=O) groups is 1. The molecule has 2 atom stereocenters. The van der Waals surface area contributed by atoms with Gasteiger partial charge in [0.25, 0.3) is 5.91 Å². The van der Waals surface area contributed by atoms with E-state index in [1.54, 1.807) is 23.3 Å². The van der Waals surface area contributed by atoms with Crippen molar-refractivity contribution in [3.8, 4) is 0 Å². The van der Waals surface area contributed by atoms with Crippen LogP contribution in [0.1, 0.15) is 21.9 Å². The summed E-state index contributed by atoms with van der Waals surface area (Å²) in [5, 5.41) is 25.1. The van der Waals surface area contributed by atoms with Gasteiger partial charge in [0.1, 0.15) is 11.3 Å². The molecule has 2 aromatic rings. The summed E-state index contributed by atoms with van der Waals surface area (Å²) in [6.45, 7) is 2.84. The molecule has 2 aromatic heterocycles. The lowest BCUT2D eigenvalue weighted by molar-refractivity contribution is -0.0377. The van der Waals surface area contributed by atoms with Gasteiger partial charge in [0.2, 0.25) is 0 Å². The lowest BCUT2D eigenvalue weighted by Crippen LogP contribution is -2.51. The van der Waals surface area contributed by atoms with Crippen molar-refractivity contribution in [2.75, 3.05) is 19.6 Å². The van der Waals surface area contributed by atoms with E-state index in [0.717, 1.165) is 11.4 Å². The van der Waals surface area contributed by atoms with Gasteiger partial charge in [-0.15, -0.1) is 11.3 Å². The van der Waals surface area contributed by atoms with Crippen LogP contribution in [0.2, 0.25) is 0 Å². The molecule has 3 heterocycles. The molecule has 9 heteroatoms. The van der Waals surface area contributed by atoms with Crippen LogP contribution in [0.3, 0.4) is 0 Å². The van der Waals surface area contributed by atoms with E-state index in [1.807, 2.05) is 11.8 Å². The van der Waals surface area contributed by atoms with Gasteiger partial charge in [-0.3, -0.25) is 19.7 Å². The number of aromatic nitrogens is 3. The van der Waals surface area contributed by atoms with E-state index in [2.05, 4.69) is 20.3 Å². The number of rotatable bonds is 5. The Bertz CT molecular complexity index is 694. The number of carbonyl (C=O) groups excluding carboxylic acids is 1. The Labute approximate surface area is 143 Å². The average Bonchev–Trinajstić information content (AvgIpc) is 3.17. The van der Waals surface area contributed by atoms with Crippen molar-refractivity contribution in [3.05, 3.63) is 40.4 Å². The zero-order valence-electron chi connectivity index (χ0n) is 13.2. The first-order valence-electron chi connectivity index (χ1n) is 7.53. The number of nitrogens with one attached hydrogen (secondary N) is 1. The molecule has 0 saturated carbocycles. The van der Waals surface area contributed by atoms with Crippen molar-refractivity contribution < 1.29 is 15.0 Å². The number of β-amino-alcohol motifs (C(OH)–C–C–N with tert-alkyl or cyclic N) is 2. The topological polar surface area (TPSA) is 111 Å². The zero-order valence-corrected chi connectivity index (χ0v) is 14.0. The maximum Gasteiger partial charge on any atom is 0.270 e. The second kappa shape index (κ2) is 6.89. The molecule has 0 aromatic carbocycles. The second-order valence-electron chi connectivity index (χ2n) is 5.99. The Kier molecular flexibility index (Phi) is 4.86. The van der Waals surface area contributed by atoms with Crippen LogP contribution in [0, 0.1) is 6.92 Å². The van der Waals surface area contributed by atoms with E-state index >= 15 is 0 Å². The molecule has 128 valence electrons. The molecule has 3 rings (SSSR count). The van der Waals surface area contributed by atoms with Gasteiger partial charge < -0.3 is 15.5 Å². The Morgan fingerprint density at radius 2 is 2.29 bits per heavy atom. The second-order valence-corrected chi connectivity index (χ2v) is 6.71. The molecule has 1 aliphatic rings. The molecule has 1 saturated heterocycles. The number of hydrogen-bond donors (Lipinski definition) is 3. The number of amides is 1. The fourth-order valence-corrected chi connectivity index (χ4v) is 3.18. The summed E-state index contributed by atoms with van der Waals surface area (Å²) in [6.07, 6.45) is 2.41. The van der Waals surface area contributed by atoms with Gasteiger partial charge in [0.15, 0.2) is 0 Å². The minimum Gasteiger partial charge on any atom is -0.389 e. The van der Waals surface area contributed by atoms with Crippen molar-refractivity contribution in [2.45, 2.75) is 25.2 Å². The Morgan fingerprint density at radius 1 is 1.46 bits per heavy atom. The molecule has 24 heavy (non-hydrogen) atoms. The third-order valence-electron chi connectivity index (χ3n) is 3.99. The van der Waals surface area contributed by atoms with E-state index in [4.69, 9.17) is 0 Å². The van der Waals surface area contributed by atoms with Gasteiger partial charge in [-0.1, -0.05) is 0 Å². The Hall–Kier alpha value is -1.94. The molecule has 8 nitrogen and oxygen atoms in total. The highest BCUT2D eigenvalue weighted by molar-refractivity contribution is 7.07. The zero-order chi connectivity index (χ0) is 17.2. The highest BCUT2D eigenvalue weighted by Crippen LogP contribution is 2.22. The third kappa shape index (κ3) is 3.75. The van der Waals surface area contributed by atoms with Crippen LogP contribution in [-0.2, 0) is 6.54 Å². The van der Waals surface area contributed by atoms with E-state index in [-0.39, 0.29) is 19.0 Å². The minimum atomic E-state index is -1.40. The fourth-order valence-electron chi connectivity index (χ4n) is 2.64. The van der Waals surface area contributed by atoms with Gasteiger partial charge in [-0.2, -0.15) is 0 Å². The predicted molar refractivity (Wildman–Crippen MR) is 87.4 cm³/mol. The lowest BCUT2D eigenvalue weighted by Gasteiger charge is -2.26. The van der Waals surface area contributed by atoms with Crippen LogP contribution in [0.5, 0.6) is 0 Å². The monoisotopic (exact) mass is 349 g/mol. The standard InChI is InChI=1S/C15H19N5O3S/c1-10-2-17-11(3-16-10)4-20-5-13(21)15(23,8-20)7-18-14(22)12-6-24-9-19-12/h2-3,6,9,13,21,23H,4-5,7-8H2,1H3,(H,18,22)/t13-,15+/m1/s1. The number of aryl methyl sites for hydroxylation is 1. The summed E-state index contributed by atoms with van der Waals surface area (Å²) >= 11 is 1.32. The van der Waals surface area contributed by atoms with E-state index in [0.29, 0.717) is 18.8 Å². The molecule has 0 bridgehead atoms. The molecule has 0 radical (unpaired) electrons. The van der Waals surface area contributed by atoms with Crippen molar-refractivity contribution in [2.24, 2.45) is 0 Å². The number of thiazole rings is 1. The maximum absolute atomic E-state index is 11.9. The summed E-state index contributed by atoms with van der Waals surface area (Å²) in [5.41, 5.74) is 2.08. The average molecular weight is 349 g/mol. The summed E-state index contributed by atoms with van der Waals surface area (Å²) in [5.74, 6) is -0.361. The van der Waals surface area contributed by atoms with E-state index < -0.39 is 11.7 Å². The van der Waals surface area contributed by atoms with Crippen LogP contribution < -0.4 is 5.32 Å². The largest absolute Gasteiger partial charge is 0.389 e. The fraction of sp³-hybridized carbons (Fsp3) is 0.467. The molecule has 1 aliphatic heterocycles. The number of likely N-dealkylation sites (tertiary alicyclic amines) is 1. The van der Waals surface area contributed by atoms with Crippen molar-refractivity contribution in [1.82, 2.24) is 25.2 Å². The van der Waals surface area contributed by atoms with Crippen molar-refractivity contribution in [1.29, 1.82) is 0 Å². The quantitative estimate of drug-likeness (QED) is 0.672. The van der Waals surface area contributed by atoms with Crippen LogP contribution in [0.25, 0.3) is 0 Å². The van der Waals surface area contributed by atoms with Gasteiger partial charge in [0, 0.05) is 37.4 Å². The molecular formula is C15H19N5O3S. The number of aliphatic hydroxyl groups is 2. The molecule has 3 N–H and O–H groups in total. The first-order valence-corrected chi connectivity index (χ1v) is 8.47. The first kappa shape index (κ1) is 16.9. The molecule has 1 amide bonds. The first-order chi connectivity index (χ1) is 11.5. The number of hydrogen-bond acceptors (Lipinski definition) is 8. The summed E-state index contributed by atoms with van der Waals surface area (Å²) in [6, 6.07) is 0.